The molecular formula is C22H31N5O+2. The van der Waals surface area contributed by atoms with Gasteiger partial charge in [-0.25, -0.2) is 4.98 Å². The Balaban J connectivity index is 1.23. The van der Waals surface area contributed by atoms with E-state index in [4.69, 9.17) is 0 Å². The number of amides is 1. The number of hydrogen-bond donors (Lipinski definition) is 2. The summed E-state index contributed by atoms with van der Waals surface area (Å²) in [5.41, 5.74) is 2.15. The molecule has 2 aliphatic rings. The highest BCUT2D eigenvalue weighted by Crippen LogP contribution is 2.21. The minimum Gasteiger partial charge on any atom is -0.372 e. The lowest BCUT2D eigenvalue weighted by molar-refractivity contribution is -0.892. The van der Waals surface area contributed by atoms with E-state index in [0.717, 1.165) is 50.8 Å². The lowest BCUT2D eigenvalue weighted by Crippen LogP contribution is -3.15. The fourth-order valence-electron chi connectivity index (χ4n) is 4.16. The van der Waals surface area contributed by atoms with Crippen molar-refractivity contribution in [3.05, 3.63) is 48.7 Å². The van der Waals surface area contributed by atoms with Crippen LogP contribution in [0.1, 0.15) is 19.3 Å². The standard InChI is InChI=1S/C22H29N5O/c28-22(18-25-14-16-27(17-15-25)21-6-2-3-11-23-21)24-19-7-9-20(10-8-19)26-12-4-1-5-13-26/h2-3,6-11H,1,4-5,12-18H2,(H,24,28)/p+2. The van der Waals surface area contributed by atoms with E-state index in [1.165, 1.54) is 29.8 Å². The molecule has 148 valence electrons. The second-order valence-electron chi connectivity index (χ2n) is 7.80. The molecule has 0 aliphatic carbocycles. The van der Waals surface area contributed by atoms with Gasteiger partial charge in [-0.3, -0.25) is 9.69 Å². The van der Waals surface area contributed by atoms with Gasteiger partial charge in [0.15, 0.2) is 6.54 Å². The van der Waals surface area contributed by atoms with Gasteiger partial charge in [0.05, 0.1) is 6.20 Å². The van der Waals surface area contributed by atoms with Crippen LogP contribution in [0.25, 0.3) is 0 Å². The summed E-state index contributed by atoms with van der Waals surface area (Å²) in [4.78, 5) is 21.9. The molecule has 1 amide bonds. The smallest absolute Gasteiger partial charge is 0.279 e. The second kappa shape index (κ2) is 9.06. The number of aromatic nitrogens is 1. The highest BCUT2D eigenvalue weighted by atomic mass is 16.2. The van der Waals surface area contributed by atoms with Crippen molar-refractivity contribution >= 4 is 23.1 Å². The quantitative estimate of drug-likeness (QED) is 0.807. The molecular weight excluding hydrogens is 350 g/mol. The van der Waals surface area contributed by atoms with E-state index in [0.29, 0.717) is 6.54 Å². The number of hydrogen-bond acceptors (Lipinski definition) is 3. The van der Waals surface area contributed by atoms with E-state index in [2.05, 4.69) is 44.4 Å². The van der Waals surface area contributed by atoms with Crippen LogP contribution in [0.15, 0.2) is 48.7 Å². The maximum Gasteiger partial charge on any atom is 0.279 e. The summed E-state index contributed by atoms with van der Waals surface area (Å²) in [6.45, 7) is 6.69. The number of nitrogens with zero attached hydrogens (tertiary/aromatic N) is 2. The van der Waals surface area contributed by atoms with Gasteiger partial charge in [0.25, 0.3) is 11.7 Å². The first-order valence-electron chi connectivity index (χ1n) is 10.5. The molecule has 0 atom stereocenters. The minimum atomic E-state index is 0.0976. The molecule has 6 nitrogen and oxygen atoms in total. The molecule has 6 heteroatoms. The third-order valence-corrected chi connectivity index (χ3v) is 5.79. The number of rotatable bonds is 5. The SMILES string of the molecule is O=C(C[NH+]1CCN(c2cccc[nH+]2)CC1)Nc1ccc(N2CCCCC2)cc1. The highest BCUT2D eigenvalue weighted by molar-refractivity contribution is 5.91. The van der Waals surface area contributed by atoms with E-state index in [-0.39, 0.29) is 5.91 Å². The van der Waals surface area contributed by atoms with E-state index in [1.807, 2.05) is 24.4 Å². The van der Waals surface area contributed by atoms with Crippen LogP contribution in [0.4, 0.5) is 17.2 Å². The van der Waals surface area contributed by atoms with Crippen molar-refractivity contribution in [2.24, 2.45) is 0 Å². The van der Waals surface area contributed by atoms with Gasteiger partial charge in [0, 0.05) is 30.5 Å². The number of anilines is 3. The van der Waals surface area contributed by atoms with Crippen LogP contribution in [0.3, 0.4) is 0 Å². The average Bonchev–Trinajstić information content (AvgIpc) is 2.76. The Bertz CT molecular complexity index is 750. The molecule has 0 bridgehead atoms. The summed E-state index contributed by atoms with van der Waals surface area (Å²) in [5.74, 6) is 1.25. The largest absolute Gasteiger partial charge is 0.372 e. The van der Waals surface area contributed by atoms with Gasteiger partial charge in [0.1, 0.15) is 26.2 Å². The fraction of sp³-hybridized carbons (Fsp3) is 0.455. The second-order valence-corrected chi connectivity index (χ2v) is 7.80. The van der Waals surface area contributed by atoms with Crippen LogP contribution in [0.2, 0.25) is 0 Å². The normalized spacial score (nSPS) is 18.1. The Morgan fingerprint density at radius 2 is 1.68 bits per heavy atom. The van der Waals surface area contributed by atoms with Gasteiger partial charge in [-0.05, 0) is 49.6 Å². The molecule has 1 aromatic carbocycles. The molecule has 3 heterocycles. The van der Waals surface area contributed by atoms with Crippen molar-refractivity contribution in [1.82, 2.24) is 0 Å². The van der Waals surface area contributed by atoms with Gasteiger partial charge in [0.2, 0.25) is 0 Å². The molecule has 1 aromatic heterocycles. The van der Waals surface area contributed by atoms with Crippen LogP contribution in [0.5, 0.6) is 0 Å². The van der Waals surface area contributed by atoms with Gasteiger partial charge < -0.3 is 15.1 Å². The van der Waals surface area contributed by atoms with Gasteiger partial charge in [-0.2, -0.15) is 0 Å². The lowest BCUT2D eigenvalue weighted by Gasteiger charge is -2.29. The number of nitrogens with one attached hydrogen (secondary N) is 3. The molecule has 28 heavy (non-hydrogen) atoms. The Morgan fingerprint density at radius 1 is 0.929 bits per heavy atom. The molecule has 2 saturated heterocycles. The first kappa shape index (κ1) is 18.7. The maximum atomic E-state index is 12.5. The number of carbonyl (C=O) groups is 1. The molecule has 0 radical (unpaired) electrons. The summed E-state index contributed by atoms with van der Waals surface area (Å²) in [6.07, 6.45) is 5.84. The number of benzene rings is 1. The fourth-order valence-corrected chi connectivity index (χ4v) is 4.16. The van der Waals surface area contributed by atoms with E-state index in [9.17, 15) is 4.79 Å². The van der Waals surface area contributed by atoms with Gasteiger partial charge in [-0.1, -0.05) is 6.07 Å². The van der Waals surface area contributed by atoms with E-state index in [1.54, 1.807) is 0 Å². The van der Waals surface area contributed by atoms with E-state index < -0.39 is 0 Å². The molecule has 0 spiro atoms. The molecule has 2 aromatic rings. The van der Waals surface area contributed by atoms with Gasteiger partial charge >= 0.3 is 0 Å². The van der Waals surface area contributed by atoms with Crippen molar-refractivity contribution in [2.45, 2.75) is 19.3 Å². The van der Waals surface area contributed by atoms with Crippen molar-refractivity contribution in [3.8, 4) is 0 Å². The summed E-state index contributed by atoms with van der Waals surface area (Å²) >= 11 is 0. The molecule has 4 rings (SSSR count). The first-order valence-corrected chi connectivity index (χ1v) is 10.5. The lowest BCUT2D eigenvalue weighted by atomic mass is 10.1. The Hall–Kier alpha value is -2.60. The van der Waals surface area contributed by atoms with Crippen molar-refractivity contribution in [3.63, 3.8) is 0 Å². The summed E-state index contributed by atoms with van der Waals surface area (Å²) < 4.78 is 0. The Kier molecular flexibility index (Phi) is 6.07. The average molecular weight is 382 g/mol. The molecule has 3 N–H and O–H groups in total. The first-order chi connectivity index (χ1) is 13.8. The zero-order chi connectivity index (χ0) is 19.2. The number of piperazine rings is 1. The van der Waals surface area contributed by atoms with Crippen LogP contribution < -0.4 is 25.0 Å². The van der Waals surface area contributed by atoms with Crippen LogP contribution in [-0.2, 0) is 4.79 Å². The Labute approximate surface area is 167 Å². The molecule has 2 fully saturated rings. The molecule has 0 unspecified atom stereocenters. The number of H-pyrrole nitrogens is 1. The third-order valence-electron chi connectivity index (χ3n) is 5.79. The number of carbonyl (C=O) groups excluding carboxylic acids is 1. The topological polar surface area (TPSA) is 54.2 Å². The Morgan fingerprint density at radius 3 is 2.36 bits per heavy atom. The van der Waals surface area contributed by atoms with E-state index >= 15 is 0 Å². The highest BCUT2D eigenvalue weighted by Gasteiger charge is 2.27. The molecule has 2 aliphatic heterocycles. The zero-order valence-corrected chi connectivity index (χ0v) is 16.5. The van der Waals surface area contributed by atoms with Crippen molar-refractivity contribution in [2.75, 3.05) is 60.9 Å². The summed E-state index contributed by atoms with van der Waals surface area (Å²) in [7, 11) is 0. The third kappa shape index (κ3) is 4.81. The molecule has 0 saturated carbocycles. The van der Waals surface area contributed by atoms with Crippen LogP contribution >= 0.6 is 0 Å². The van der Waals surface area contributed by atoms with Crippen molar-refractivity contribution < 1.29 is 14.7 Å². The number of pyridine rings is 1. The summed E-state index contributed by atoms with van der Waals surface area (Å²) in [6, 6.07) is 14.5. The zero-order valence-electron chi connectivity index (χ0n) is 16.5. The maximum absolute atomic E-state index is 12.5. The van der Waals surface area contributed by atoms with Crippen LogP contribution in [-0.4, -0.2) is 51.7 Å². The predicted molar refractivity (Wildman–Crippen MR) is 112 cm³/mol. The number of piperidine rings is 1. The summed E-state index contributed by atoms with van der Waals surface area (Å²) in [5, 5.41) is 3.06. The van der Waals surface area contributed by atoms with Gasteiger partial charge in [-0.15, -0.1) is 0 Å². The van der Waals surface area contributed by atoms with Crippen LogP contribution in [0, 0.1) is 0 Å². The monoisotopic (exact) mass is 381 g/mol. The number of quaternary nitrogens is 1. The number of aromatic amines is 1. The van der Waals surface area contributed by atoms with Crippen molar-refractivity contribution in [1.29, 1.82) is 0 Å². The predicted octanol–water partition coefficient (Wildman–Crippen LogP) is 0.835. The minimum absolute atomic E-state index is 0.0976.